The number of piperidine rings is 1. The predicted octanol–water partition coefficient (Wildman–Crippen LogP) is 1.79. The van der Waals surface area contributed by atoms with Crippen LogP contribution in [0, 0.1) is 31.1 Å². The maximum Gasteiger partial charge on any atom is 0.253 e. The summed E-state index contributed by atoms with van der Waals surface area (Å²) in [6.45, 7) is 5.44. The maximum atomic E-state index is 12.5. The Balaban J connectivity index is 1.54. The maximum absolute atomic E-state index is 12.5. The summed E-state index contributed by atoms with van der Waals surface area (Å²) in [5.74, 6) is 0.751. The van der Waals surface area contributed by atoms with E-state index in [-0.39, 0.29) is 23.9 Å². The Kier molecular flexibility index (Phi) is 5.55. The second-order valence-electron chi connectivity index (χ2n) is 6.94. The highest BCUT2D eigenvalue weighted by Crippen LogP contribution is 2.22. The van der Waals surface area contributed by atoms with E-state index in [1.165, 1.54) is 0 Å². The predicted molar refractivity (Wildman–Crippen MR) is 102 cm³/mol. The number of amides is 1. The van der Waals surface area contributed by atoms with E-state index < -0.39 is 0 Å². The number of H-pyrrole nitrogens is 1. The number of nitrogens with zero attached hydrogens (tertiary/aromatic N) is 3. The lowest BCUT2D eigenvalue weighted by molar-refractivity contribution is -0.125. The zero-order valence-electron chi connectivity index (χ0n) is 15.6. The molecule has 7 heteroatoms. The second kappa shape index (κ2) is 8.04. The second-order valence-corrected chi connectivity index (χ2v) is 6.94. The van der Waals surface area contributed by atoms with Crippen LogP contribution in [0.5, 0.6) is 0 Å². The van der Waals surface area contributed by atoms with E-state index in [9.17, 15) is 9.59 Å². The summed E-state index contributed by atoms with van der Waals surface area (Å²) in [5, 5.41) is 11.8. The molecular weight excluding hydrogens is 342 g/mol. The Labute approximate surface area is 158 Å². The van der Waals surface area contributed by atoms with E-state index >= 15 is 0 Å². The third kappa shape index (κ3) is 4.34. The van der Waals surface area contributed by atoms with Crippen molar-refractivity contribution in [3.8, 4) is 6.07 Å². The minimum atomic E-state index is -0.144. The molecule has 7 nitrogen and oxygen atoms in total. The lowest BCUT2D eigenvalue weighted by atomic mass is 9.95. The minimum Gasteiger partial charge on any atom is -0.357 e. The lowest BCUT2D eigenvalue weighted by Crippen LogP contribution is -2.41. The van der Waals surface area contributed by atoms with E-state index in [1.807, 2.05) is 26.0 Å². The monoisotopic (exact) mass is 365 g/mol. The van der Waals surface area contributed by atoms with Gasteiger partial charge in [0.25, 0.3) is 5.56 Å². The first kappa shape index (κ1) is 18.6. The molecule has 1 amide bonds. The van der Waals surface area contributed by atoms with E-state index in [4.69, 9.17) is 5.26 Å². The standard InChI is InChI=1S/C20H23N5O2/c1-13-9-14(2)24-20(27)17(13)12-23-19(26)16-5-7-25(8-6-16)18-4-3-15(10-21)11-22-18/h3-4,9,11,16H,5-8,12H2,1-2H3,(H,23,26)(H,24,27). The van der Waals surface area contributed by atoms with Crippen LogP contribution < -0.4 is 15.8 Å². The Morgan fingerprint density at radius 1 is 1.37 bits per heavy atom. The van der Waals surface area contributed by atoms with Crippen LogP contribution in [0.1, 0.15) is 35.2 Å². The zero-order valence-corrected chi connectivity index (χ0v) is 15.6. The molecule has 0 atom stereocenters. The van der Waals surface area contributed by atoms with Gasteiger partial charge in [-0.15, -0.1) is 0 Å². The summed E-state index contributed by atoms with van der Waals surface area (Å²) in [4.78, 5) is 33.8. The van der Waals surface area contributed by atoms with Crippen molar-refractivity contribution in [2.24, 2.45) is 5.92 Å². The fourth-order valence-electron chi connectivity index (χ4n) is 3.43. The van der Waals surface area contributed by atoms with Crippen LogP contribution in [0.3, 0.4) is 0 Å². The molecule has 0 radical (unpaired) electrons. The molecule has 2 aromatic rings. The number of nitriles is 1. The molecule has 1 aliphatic heterocycles. The van der Waals surface area contributed by atoms with Crippen molar-refractivity contribution in [3.63, 3.8) is 0 Å². The number of pyridine rings is 2. The van der Waals surface area contributed by atoms with Gasteiger partial charge < -0.3 is 15.2 Å². The van der Waals surface area contributed by atoms with Gasteiger partial charge in [0.1, 0.15) is 11.9 Å². The summed E-state index contributed by atoms with van der Waals surface area (Å²) in [6, 6.07) is 7.56. The minimum absolute atomic E-state index is 0.0122. The highest BCUT2D eigenvalue weighted by molar-refractivity contribution is 5.79. The van der Waals surface area contributed by atoms with Crippen LogP contribution >= 0.6 is 0 Å². The average Bonchev–Trinajstić information content (AvgIpc) is 2.67. The molecule has 0 unspecified atom stereocenters. The Hall–Kier alpha value is -3.14. The van der Waals surface area contributed by atoms with Gasteiger partial charge in [-0.1, -0.05) is 0 Å². The number of aromatic nitrogens is 2. The number of aromatic amines is 1. The van der Waals surface area contributed by atoms with Gasteiger partial charge in [-0.2, -0.15) is 5.26 Å². The first-order valence-electron chi connectivity index (χ1n) is 9.06. The molecule has 1 saturated heterocycles. The van der Waals surface area contributed by atoms with E-state index in [2.05, 4.69) is 26.3 Å². The largest absolute Gasteiger partial charge is 0.357 e. The topological polar surface area (TPSA) is 102 Å². The number of carbonyl (C=O) groups is 1. The van der Waals surface area contributed by atoms with Gasteiger partial charge >= 0.3 is 0 Å². The molecule has 140 valence electrons. The lowest BCUT2D eigenvalue weighted by Gasteiger charge is -2.32. The molecule has 1 aliphatic rings. The van der Waals surface area contributed by atoms with Crippen molar-refractivity contribution < 1.29 is 4.79 Å². The SMILES string of the molecule is Cc1cc(C)c(CNC(=O)C2CCN(c3ccc(C#N)cn3)CC2)c(=O)[nH]1. The van der Waals surface area contributed by atoms with Crippen LogP contribution in [0.4, 0.5) is 5.82 Å². The molecule has 0 aliphatic carbocycles. The van der Waals surface area contributed by atoms with Gasteiger partial charge in [0, 0.05) is 43.0 Å². The number of rotatable bonds is 4. The molecule has 1 fully saturated rings. The number of carbonyl (C=O) groups excluding carboxylic acids is 1. The van der Waals surface area contributed by atoms with Crippen LogP contribution in [-0.4, -0.2) is 29.0 Å². The zero-order chi connectivity index (χ0) is 19.4. The van der Waals surface area contributed by atoms with Crippen molar-refractivity contribution in [2.75, 3.05) is 18.0 Å². The fourth-order valence-corrected chi connectivity index (χ4v) is 3.43. The van der Waals surface area contributed by atoms with Gasteiger partial charge in [0.2, 0.25) is 5.91 Å². The summed E-state index contributed by atoms with van der Waals surface area (Å²) >= 11 is 0. The Morgan fingerprint density at radius 3 is 2.70 bits per heavy atom. The van der Waals surface area contributed by atoms with Crippen molar-refractivity contribution in [1.29, 1.82) is 5.26 Å². The molecule has 0 saturated carbocycles. The first-order valence-corrected chi connectivity index (χ1v) is 9.06. The first-order chi connectivity index (χ1) is 13.0. The summed E-state index contributed by atoms with van der Waals surface area (Å²) in [5.41, 5.74) is 2.70. The fraction of sp³-hybridized carbons (Fsp3) is 0.400. The normalized spacial score (nSPS) is 14.6. The number of anilines is 1. The van der Waals surface area contributed by atoms with Gasteiger partial charge in [-0.25, -0.2) is 4.98 Å². The molecular formula is C20H23N5O2. The van der Waals surface area contributed by atoms with E-state index in [0.29, 0.717) is 11.1 Å². The quantitative estimate of drug-likeness (QED) is 0.860. The highest BCUT2D eigenvalue weighted by atomic mass is 16.2. The molecule has 27 heavy (non-hydrogen) atoms. The molecule has 0 aromatic carbocycles. The van der Waals surface area contributed by atoms with Gasteiger partial charge in [0.15, 0.2) is 0 Å². The van der Waals surface area contributed by atoms with Crippen LogP contribution in [0.2, 0.25) is 0 Å². The summed E-state index contributed by atoms with van der Waals surface area (Å²) < 4.78 is 0. The average molecular weight is 365 g/mol. The molecule has 0 spiro atoms. The third-order valence-electron chi connectivity index (χ3n) is 5.00. The summed E-state index contributed by atoms with van der Waals surface area (Å²) in [6.07, 6.45) is 3.03. The molecule has 3 heterocycles. The van der Waals surface area contributed by atoms with Gasteiger partial charge in [-0.05, 0) is 50.5 Å². The molecule has 3 rings (SSSR count). The van der Waals surface area contributed by atoms with E-state index in [1.54, 1.807) is 12.3 Å². The third-order valence-corrected chi connectivity index (χ3v) is 5.00. The van der Waals surface area contributed by atoms with Crippen LogP contribution in [-0.2, 0) is 11.3 Å². The van der Waals surface area contributed by atoms with Crippen molar-refractivity contribution >= 4 is 11.7 Å². The van der Waals surface area contributed by atoms with Crippen LogP contribution in [0.15, 0.2) is 29.2 Å². The number of aryl methyl sites for hydroxylation is 2. The smallest absolute Gasteiger partial charge is 0.253 e. The number of hydrogen-bond donors (Lipinski definition) is 2. The van der Waals surface area contributed by atoms with Gasteiger partial charge in [-0.3, -0.25) is 9.59 Å². The van der Waals surface area contributed by atoms with Crippen molar-refractivity contribution in [3.05, 3.63) is 57.1 Å². The Bertz CT molecular complexity index is 919. The molecule has 2 aromatic heterocycles. The van der Waals surface area contributed by atoms with Crippen molar-refractivity contribution in [2.45, 2.75) is 33.2 Å². The Morgan fingerprint density at radius 2 is 2.11 bits per heavy atom. The number of hydrogen-bond acceptors (Lipinski definition) is 5. The van der Waals surface area contributed by atoms with Crippen molar-refractivity contribution in [1.82, 2.24) is 15.3 Å². The summed E-state index contributed by atoms with van der Waals surface area (Å²) in [7, 11) is 0. The molecule has 0 bridgehead atoms. The van der Waals surface area contributed by atoms with E-state index in [0.717, 1.165) is 43.0 Å². The van der Waals surface area contributed by atoms with Gasteiger partial charge in [0.05, 0.1) is 5.56 Å². The van der Waals surface area contributed by atoms with Crippen LogP contribution in [0.25, 0.3) is 0 Å². The molecule has 2 N–H and O–H groups in total. The highest BCUT2D eigenvalue weighted by Gasteiger charge is 2.25. The number of nitrogens with one attached hydrogen (secondary N) is 2.